The Bertz CT molecular complexity index is 901. The first-order chi connectivity index (χ1) is 12.3. The number of amides is 1. The third-order valence-electron chi connectivity index (χ3n) is 4.41. The fraction of sp³-hybridized carbons (Fsp3) is 0.294. The van der Waals surface area contributed by atoms with Crippen LogP contribution in [-0.4, -0.2) is 64.3 Å². The molecule has 0 radical (unpaired) electrons. The molecule has 8 nitrogen and oxygen atoms in total. The van der Waals surface area contributed by atoms with E-state index in [9.17, 15) is 4.79 Å². The highest BCUT2D eigenvalue weighted by Gasteiger charge is 2.24. The number of aromatic nitrogens is 4. The molecule has 1 aliphatic rings. The molecule has 0 atom stereocenters. The second-order valence-corrected chi connectivity index (χ2v) is 5.84. The quantitative estimate of drug-likeness (QED) is 0.775. The summed E-state index contributed by atoms with van der Waals surface area (Å²) in [4.78, 5) is 25.3. The van der Waals surface area contributed by atoms with Crippen LogP contribution in [0.25, 0.3) is 11.0 Å². The lowest BCUT2D eigenvalue weighted by atomic mass is 10.1. The third kappa shape index (κ3) is 2.86. The summed E-state index contributed by atoms with van der Waals surface area (Å²) in [6.07, 6.45) is 3.27. The van der Waals surface area contributed by atoms with E-state index in [2.05, 4.69) is 25.1 Å². The van der Waals surface area contributed by atoms with Crippen molar-refractivity contribution >= 4 is 22.8 Å². The Morgan fingerprint density at radius 1 is 1.20 bits per heavy atom. The van der Waals surface area contributed by atoms with Gasteiger partial charge in [0.15, 0.2) is 5.65 Å². The average Bonchev–Trinajstić information content (AvgIpc) is 3.16. The first-order valence-corrected chi connectivity index (χ1v) is 8.08. The van der Waals surface area contributed by atoms with E-state index >= 15 is 0 Å². The summed E-state index contributed by atoms with van der Waals surface area (Å²) in [7, 11) is 1.60. The van der Waals surface area contributed by atoms with E-state index in [4.69, 9.17) is 4.74 Å². The van der Waals surface area contributed by atoms with Crippen LogP contribution >= 0.6 is 0 Å². The van der Waals surface area contributed by atoms with E-state index in [0.29, 0.717) is 37.5 Å². The molecule has 128 valence electrons. The molecule has 1 amide bonds. The summed E-state index contributed by atoms with van der Waals surface area (Å²) in [6.45, 7) is 2.71. The van der Waals surface area contributed by atoms with E-state index in [1.165, 1.54) is 6.33 Å². The van der Waals surface area contributed by atoms with Gasteiger partial charge in [0.25, 0.3) is 5.91 Å². The first-order valence-electron chi connectivity index (χ1n) is 8.08. The Balaban J connectivity index is 1.48. The zero-order valence-corrected chi connectivity index (χ0v) is 13.8. The van der Waals surface area contributed by atoms with Crippen molar-refractivity contribution in [2.24, 2.45) is 0 Å². The number of hydrogen-bond acceptors (Lipinski definition) is 6. The van der Waals surface area contributed by atoms with E-state index in [0.717, 1.165) is 16.9 Å². The van der Waals surface area contributed by atoms with Gasteiger partial charge in [0.05, 0.1) is 18.7 Å². The molecular weight excluding hydrogens is 320 g/mol. The molecule has 4 rings (SSSR count). The highest BCUT2D eigenvalue weighted by molar-refractivity contribution is 5.95. The second-order valence-electron chi connectivity index (χ2n) is 5.84. The molecule has 2 aromatic heterocycles. The van der Waals surface area contributed by atoms with E-state index in [-0.39, 0.29) is 5.91 Å². The minimum absolute atomic E-state index is 0.0229. The molecule has 1 saturated heterocycles. The Morgan fingerprint density at radius 3 is 2.84 bits per heavy atom. The molecule has 3 heterocycles. The Kier molecular flexibility index (Phi) is 3.93. The molecule has 3 aromatic rings. The number of carbonyl (C=O) groups is 1. The van der Waals surface area contributed by atoms with Gasteiger partial charge in [0.1, 0.15) is 17.9 Å². The lowest BCUT2D eigenvalue weighted by Gasteiger charge is -2.35. The largest absolute Gasteiger partial charge is 0.497 e. The van der Waals surface area contributed by atoms with Gasteiger partial charge in [-0.15, -0.1) is 0 Å². The van der Waals surface area contributed by atoms with Crippen molar-refractivity contribution in [2.45, 2.75) is 0 Å². The van der Waals surface area contributed by atoms with Crippen molar-refractivity contribution in [2.75, 3.05) is 38.2 Å². The Hall–Kier alpha value is -3.16. The SMILES string of the molecule is COc1cccc(C(=O)N2CCN(c3ncnc4[nH]ncc34)CC2)c1. The number of benzene rings is 1. The molecule has 0 unspecified atom stereocenters. The van der Waals surface area contributed by atoms with Gasteiger partial charge in [0.2, 0.25) is 0 Å². The molecule has 0 spiro atoms. The molecule has 25 heavy (non-hydrogen) atoms. The van der Waals surface area contributed by atoms with Gasteiger partial charge in [-0.2, -0.15) is 5.10 Å². The number of hydrogen-bond donors (Lipinski definition) is 1. The van der Waals surface area contributed by atoms with Gasteiger partial charge >= 0.3 is 0 Å². The summed E-state index contributed by atoms with van der Waals surface area (Å²) in [6, 6.07) is 7.25. The van der Waals surface area contributed by atoms with Gasteiger partial charge in [-0.05, 0) is 18.2 Å². The number of nitrogens with one attached hydrogen (secondary N) is 1. The Labute approximate surface area is 144 Å². The van der Waals surface area contributed by atoms with Gasteiger partial charge in [-0.1, -0.05) is 6.07 Å². The molecule has 0 saturated carbocycles. The fourth-order valence-corrected chi connectivity index (χ4v) is 3.06. The first kappa shape index (κ1) is 15.4. The van der Waals surface area contributed by atoms with Gasteiger partial charge in [-0.3, -0.25) is 9.89 Å². The van der Waals surface area contributed by atoms with Crippen LogP contribution < -0.4 is 9.64 Å². The average molecular weight is 338 g/mol. The van der Waals surface area contributed by atoms with Crippen molar-refractivity contribution < 1.29 is 9.53 Å². The lowest BCUT2D eigenvalue weighted by Crippen LogP contribution is -2.49. The standard InChI is InChI=1S/C17H18N6O2/c1-25-13-4-2-3-12(9-13)17(24)23-7-5-22(6-8-23)16-14-10-20-21-15(14)18-11-19-16/h2-4,9-11H,5-8H2,1H3,(H,18,19,20,21). The maximum absolute atomic E-state index is 12.7. The van der Waals surface area contributed by atoms with Crippen molar-refractivity contribution in [1.29, 1.82) is 0 Å². The van der Waals surface area contributed by atoms with Gasteiger partial charge in [0, 0.05) is 31.7 Å². The summed E-state index contributed by atoms with van der Waals surface area (Å²) in [5.41, 5.74) is 1.37. The topological polar surface area (TPSA) is 87.2 Å². The van der Waals surface area contributed by atoms with Crippen LogP contribution in [0.3, 0.4) is 0 Å². The maximum atomic E-state index is 12.7. The minimum atomic E-state index is 0.0229. The van der Waals surface area contributed by atoms with Crippen molar-refractivity contribution in [1.82, 2.24) is 25.1 Å². The zero-order chi connectivity index (χ0) is 17.2. The number of rotatable bonds is 3. The molecular formula is C17H18N6O2. The number of nitrogens with zero attached hydrogens (tertiary/aromatic N) is 5. The van der Waals surface area contributed by atoms with Crippen LogP contribution in [0, 0.1) is 0 Å². The van der Waals surface area contributed by atoms with Crippen LogP contribution in [0.2, 0.25) is 0 Å². The predicted molar refractivity (Wildman–Crippen MR) is 92.8 cm³/mol. The van der Waals surface area contributed by atoms with Gasteiger partial charge in [-0.25, -0.2) is 9.97 Å². The zero-order valence-electron chi connectivity index (χ0n) is 13.8. The van der Waals surface area contributed by atoms with Crippen LogP contribution in [0.1, 0.15) is 10.4 Å². The lowest BCUT2D eigenvalue weighted by molar-refractivity contribution is 0.0746. The normalized spacial score (nSPS) is 14.8. The summed E-state index contributed by atoms with van der Waals surface area (Å²) in [5.74, 6) is 1.56. The van der Waals surface area contributed by atoms with Crippen molar-refractivity contribution in [3.63, 3.8) is 0 Å². The number of fused-ring (bicyclic) bond motifs is 1. The fourth-order valence-electron chi connectivity index (χ4n) is 3.06. The molecule has 1 fully saturated rings. The maximum Gasteiger partial charge on any atom is 0.254 e. The van der Waals surface area contributed by atoms with Crippen molar-refractivity contribution in [3.8, 4) is 5.75 Å². The predicted octanol–water partition coefficient (Wildman–Crippen LogP) is 1.32. The number of carbonyl (C=O) groups excluding carboxylic acids is 1. The summed E-state index contributed by atoms with van der Waals surface area (Å²) >= 11 is 0. The molecule has 1 N–H and O–H groups in total. The number of ether oxygens (including phenoxy) is 1. The van der Waals surface area contributed by atoms with Crippen LogP contribution in [0.4, 0.5) is 5.82 Å². The van der Waals surface area contributed by atoms with E-state index in [1.54, 1.807) is 19.4 Å². The molecule has 1 aliphatic heterocycles. The number of aromatic amines is 1. The van der Waals surface area contributed by atoms with Crippen LogP contribution in [0.5, 0.6) is 5.75 Å². The summed E-state index contributed by atoms with van der Waals surface area (Å²) in [5, 5.41) is 7.78. The van der Waals surface area contributed by atoms with Crippen LogP contribution in [0.15, 0.2) is 36.8 Å². The molecule has 1 aromatic carbocycles. The molecule has 0 bridgehead atoms. The van der Waals surface area contributed by atoms with Crippen molar-refractivity contribution in [3.05, 3.63) is 42.4 Å². The van der Waals surface area contributed by atoms with Gasteiger partial charge < -0.3 is 14.5 Å². The summed E-state index contributed by atoms with van der Waals surface area (Å²) < 4.78 is 5.20. The Morgan fingerprint density at radius 2 is 2.04 bits per heavy atom. The highest BCUT2D eigenvalue weighted by atomic mass is 16.5. The van der Waals surface area contributed by atoms with Crippen LogP contribution in [-0.2, 0) is 0 Å². The van der Waals surface area contributed by atoms with E-state index in [1.807, 2.05) is 23.1 Å². The number of piperazine rings is 1. The van der Waals surface area contributed by atoms with E-state index < -0.39 is 0 Å². The highest BCUT2D eigenvalue weighted by Crippen LogP contribution is 2.23. The minimum Gasteiger partial charge on any atom is -0.497 e. The third-order valence-corrected chi connectivity index (χ3v) is 4.41. The number of anilines is 1. The number of methoxy groups -OCH3 is 1. The molecule has 8 heteroatoms. The monoisotopic (exact) mass is 338 g/mol. The smallest absolute Gasteiger partial charge is 0.254 e. The molecule has 0 aliphatic carbocycles. The second kappa shape index (κ2) is 6.39. The number of H-pyrrole nitrogens is 1.